The zero-order valence-corrected chi connectivity index (χ0v) is 8.31. The van der Waals surface area contributed by atoms with Crippen LogP contribution in [0.15, 0.2) is 0 Å². The van der Waals surface area contributed by atoms with Gasteiger partial charge in [-0.15, -0.1) is 0 Å². The first kappa shape index (κ1) is 10.0. The molecule has 0 heterocycles. The topological polar surface area (TPSA) is 35.2 Å². The Morgan fingerprint density at radius 1 is 1.42 bits per heavy atom. The van der Waals surface area contributed by atoms with Gasteiger partial charge in [-0.3, -0.25) is 0 Å². The Labute approximate surface area is 75.5 Å². The molecule has 1 aliphatic rings. The van der Waals surface area contributed by atoms with Crippen molar-refractivity contribution in [3.05, 3.63) is 0 Å². The van der Waals surface area contributed by atoms with Crippen LogP contribution in [0.5, 0.6) is 0 Å². The molecule has 2 heteroatoms. The minimum absolute atomic E-state index is 0.0858. The Balaban J connectivity index is 2.29. The Bertz CT molecular complexity index is 122. The normalized spacial score (nSPS) is 36.8. The van der Waals surface area contributed by atoms with Crippen molar-refractivity contribution in [2.75, 3.05) is 13.7 Å². The fraction of sp³-hybridized carbons (Fsp3) is 1.00. The molecule has 0 aliphatic heterocycles. The summed E-state index contributed by atoms with van der Waals surface area (Å²) in [5.41, 5.74) is 6.31. The average molecular weight is 171 g/mol. The lowest BCUT2D eigenvalue weighted by atomic mass is 9.76. The molecule has 0 bridgehead atoms. The number of ether oxygens (including phenoxy) is 1. The van der Waals surface area contributed by atoms with Gasteiger partial charge in [0.1, 0.15) is 0 Å². The van der Waals surface area contributed by atoms with Crippen molar-refractivity contribution in [1.82, 2.24) is 0 Å². The second-order valence-corrected chi connectivity index (χ2v) is 4.29. The fourth-order valence-corrected chi connectivity index (χ4v) is 1.89. The molecule has 0 aromatic rings. The molecule has 72 valence electrons. The van der Waals surface area contributed by atoms with Crippen molar-refractivity contribution in [2.24, 2.45) is 11.7 Å². The lowest BCUT2D eigenvalue weighted by molar-refractivity contribution is 0.141. The summed E-state index contributed by atoms with van der Waals surface area (Å²) in [5.74, 6) is 0.879. The van der Waals surface area contributed by atoms with Gasteiger partial charge in [-0.1, -0.05) is 6.92 Å². The fourth-order valence-electron chi connectivity index (χ4n) is 1.89. The van der Waals surface area contributed by atoms with Crippen LogP contribution in [0.2, 0.25) is 0 Å². The molecule has 12 heavy (non-hydrogen) atoms. The highest BCUT2D eigenvalue weighted by molar-refractivity contribution is 4.88. The second kappa shape index (κ2) is 4.24. The first-order chi connectivity index (χ1) is 5.66. The van der Waals surface area contributed by atoms with Crippen LogP contribution < -0.4 is 5.73 Å². The molecule has 1 fully saturated rings. The van der Waals surface area contributed by atoms with Crippen LogP contribution in [0.1, 0.15) is 39.0 Å². The van der Waals surface area contributed by atoms with Gasteiger partial charge in [0.2, 0.25) is 0 Å². The van der Waals surface area contributed by atoms with Gasteiger partial charge in [0.05, 0.1) is 0 Å². The van der Waals surface area contributed by atoms with Gasteiger partial charge in [0, 0.05) is 19.3 Å². The summed E-state index contributed by atoms with van der Waals surface area (Å²) in [7, 11) is 1.74. The standard InChI is InChI=1S/C10H21NO/c1-9-3-5-10(11,6-4-9)7-8-12-2/h9H,3-8,11H2,1-2H3. The summed E-state index contributed by atoms with van der Waals surface area (Å²) in [6.07, 6.45) is 5.96. The van der Waals surface area contributed by atoms with Crippen molar-refractivity contribution in [2.45, 2.75) is 44.6 Å². The first-order valence-corrected chi connectivity index (χ1v) is 4.94. The molecule has 0 saturated heterocycles. The van der Waals surface area contributed by atoms with Gasteiger partial charge in [0.25, 0.3) is 0 Å². The minimum atomic E-state index is 0.0858. The maximum absolute atomic E-state index is 6.23. The number of rotatable bonds is 3. The maximum atomic E-state index is 6.23. The molecule has 0 spiro atoms. The molecule has 1 aliphatic carbocycles. The van der Waals surface area contributed by atoms with Crippen LogP contribution in [0.4, 0.5) is 0 Å². The highest BCUT2D eigenvalue weighted by atomic mass is 16.5. The van der Waals surface area contributed by atoms with E-state index in [0.29, 0.717) is 0 Å². The summed E-state index contributed by atoms with van der Waals surface area (Å²) >= 11 is 0. The van der Waals surface area contributed by atoms with E-state index >= 15 is 0 Å². The van der Waals surface area contributed by atoms with Crippen molar-refractivity contribution >= 4 is 0 Å². The molecule has 0 aromatic heterocycles. The molecule has 1 rings (SSSR count). The van der Waals surface area contributed by atoms with Gasteiger partial charge >= 0.3 is 0 Å². The van der Waals surface area contributed by atoms with E-state index in [1.807, 2.05) is 0 Å². The summed E-state index contributed by atoms with van der Waals surface area (Å²) < 4.78 is 5.06. The monoisotopic (exact) mass is 171 g/mol. The summed E-state index contributed by atoms with van der Waals surface area (Å²) in [6, 6.07) is 0. The van der Waals surface area contributed by atoms with Crippen LogP contribution in [0, 0.1) is 5.92 Å². The van der Waals surface area contributed by atoms with Gasteiger partial charge in [-0.25, -0.2) is 0 Å². The molecule has 0 atom stereocenters. The van der Waals surface area contributed by atoms with E-state index < -0.39 is 0 Å². The number of nitrogens with two attached hydrogens (primary N) is 1. The van der Waals surface area contributed by atoms with Crippen LogP contribution in [0.3, 0.4) is 0 Å². The van der Waals surface area contributed by atoms with Crippen molar-refractivity contribution in [1.29, 1.82) is 0 Å². The van der Waals surface area contributed by atoms with Crippen LogP contribution in [-0.2, 0) is 4.74 Å². The number of hydrogen-bond donors (Lipinski definition) is 1. The molecule has 0 aromatic carbocycles. The van der Waals surface area contributed by atoms with E-state index in [4.69, 9.17) is 10.5 Å². The Morgan fingerprint density at radius 3 is 2.50 bits per heavy atom. The molecule has 0 unspecified atom stereocenters. The summed E-state index contributed by atoms with van der Waals surface area (Å²) in [4.78, 5) is 0. The Hall–Kier alpha value is -0.0800. The molecule has 2 N–H and O–H groups in total. The third-order valence-corrected chi connectivity index (χ3v) is 3.07. The Kier molecular flexibility index (Phi) is 3.53. The van der Waals surface area contributed by atoms with E-state index in [1.165, 1.54) is 25.7 Å². The molecule has 0 amide bonds. The third kappa shape index (κ3) is 2.76. The highest BCUT2D eigenvalue weighted by Crippen LogP contribution is 2.31. The van der Waals surface area contributed by atoms with Crippen LogP contribution >= 0.6 is 0 Å². The average Bonchev–Trinajstić information content (AvgIpc) is 2.08. The SMILES string of the molecule is COCCC1(N)CCC(C)CC1. The highest BCUT2D eigenvalue weighted by Gasteiger charge is 2.29. The van der Waals surface area contributed by atoms with E-state index in [-0.39, 0.29) is 5.54 Å². The first-order valence-electron chi connectivity index (χ1n) is 4.94. The molecule has 0 radical (unpaired) electrons. The van der Waals surface area contributed by atoms with Crippen LogP contribution in [-0.4, -0.2) is 19.3 Å². The minimum Gasteiger partial charge on any atom is -0.385 e. The Morgan fingerprint density at radius 2 is 2.00 bits per heavy atom. The third-order valence-electron chi connectivity index (χ3n) is 3.07. The summed E-state index contributed by atoms with van der Waals surface area (Å²) in [6.45, 7) is 3.13. The molecule has 2 nitrogen and oxygen atoms in total. The van der Waals surface area contributed by atoms with E-state index in [0.717, 1.165) is 18.9 Å². The van der Waals surface area contributed by atoms with Gasteiger partial charge in [-0.05, 0) is 38.0 Å². The predicted octanol–water partition coefficient (Wildman–Crippen LogP) is 1.93. The van der Waals surface area contributed by atoms with E-state index in [1.54, 1.807) is 7.11 Å². The van der Waals surface area contributed by atoms with Crippen molar-refractivity contribution in [3.63, 3.8) is 0 Å². The quantitative estimate of drug-likeness (QED) is 0.704. The van der Waals surface area contributed by atoms with Gasteiger partial charge < -0.3 is 10.5 Å². The molecule has 1 saturated carbocycles. The maximum Gasteiger partial charge on any atom is 0.0479 e. The smallest absolute Gasteiger partial charge is 0.0479 e. The second-order valence-electron chi connectivity index (χ2n) is 4.29. The van der Waals surface area contributed by atoms with E-state index in [2.05, 4.69) is 6.92 Å². The van der Waals surface area contributed by atoms with Gasteiger partial charge in [0.15, 0.2) is 0 Å². The lowest BCUT2D eigenvalue weighted by Crippen LogP contribution is -2.43. The zero-order chi connectivity index (χ0) is 9.03. The number of methoxy groups -OCH3 is 1. The van der Waals surface area contributed by atoms with Crippen LogP contribution in [0.25, 0.3) is 0 Å². The summed E-state index contributed by atoms with van der Waals surface area (Å²) in [5, 5.41) is 0. The largest absolute Gasteiger partial charge is 0.385 e. The van der Waals surface area contributed by atoms with Crippen molar-refractivity contribution in [3.8, 4) is 0 Å². The zero-order valence-electron chi connectivity index (χ0n) is 8.31. The molecular weight excluding hydrogens is 150 g/mol. The predicted molar refractivity (Wildman–Crippen MR) is 51.0 cm³/mol. The lowest BCUT2D eigenvalue weighted by Gasteiger charge is -2.36. The van der Waals surface area contributed by atoms with Crippen molar-refractivity contribution < 1.29 is 4.74 Å². The number of hydrogen-bond acceptors (Lipinski definition) is 2. The molecular formula is C10H21NO. The van der Waals surface area contributed by atoms with Gasteiger partial charge in [-0.2, -0.15) is 0 Å². The van der Waals surface area contributed by atoms with E-state index in [9.17, 15) is 0 Å².